The zero-order valence-corrected chi connectivity index (χ0v) is 14.3. The van der Waals surface area contributed by atoms with Crippen LogP contribution in [-0.2, 0) is 16.0 Å². The minimum absolute atomic E-state index is 0.0242. The fraction of sp³-hybridized carbons (Fsp3) is 0.556. The van der Waals surface area contributed by atoms with Crippen LogP contribution in [0, 0.1) is 11.7 Å². The fourth-order valence-electron chi connectivity index (χ4n) is 2.46. The van der Waals surface area contributed by atoms with Crippen molar-refractivity contribution in [2.24, 2.45) is 5.92 Å². The van der Waals surface area contributed by atoms with Crippen LogP contribution in [-0.4, -0.2) is 36.3 Å². The molecule has 0 aromatic heterocycles. The van der Waals surface area contributed by atoms with Crippen molar-refractivity contribution in [2.75, 3.05) is 19.6 Å². The third-order valence-corrected chi connectivity index (χ3v) is 4.07. The highest BCUT2D eigenvalue weighted by atomic mass is 19.1. The van der Waals surface area contributed by atoms with Crippen LogP contribution >= 0.6 is 0 Å². The summed E-state index contributed by atoms with van der Waals surface area (Å²) in [6, 6.07) is 6.29. The van der Waals surface area contributed by atoms with Crippen LogP contribution in [0.5, 0.6) is 0 Å². The maximum atomic E-state index is 12.9. The Morgan fingerprint density at radius 1 is 1.13 bits per heavy atom. The van der Waals surface area contributed by atoms with Gasteiger partial charge in [0.25, 0.3) is 0 Å². The van der Waals surface area contributed by atoms with Gasteiger partial charge in [0.05, 0.1) is 0 Å². The van der Waals surface area contributed by atoms with E-state index in [-0.39, 0.29) is 23.5 Å². The lowest BCUT2D eigenvalue weighted by molar-refractivity contribution is -0.130. The lowest BCUT2D eigenvalue weighted by Crippen LogP contribution is -2.40. The first kappa shape index (κ1) is 19.1. The molecule has 0 aliphatic rings. The highest BCUT2D eigenvalue weighted by Gasteiger charge is 2.14. The fourth-order valence-corrected chi connectivity index (χ4v) is 2.46. The molecule has 0 aliphatic heterocycles. The molecule has 0 atom stereocenters. The van der Waals surface area contributed by atoms with Gasteiger partial charge in [-0.25, -0.2) is 4.39 Å². The van der Waals surface area contributed by atoms with Crippen LogP contribution < -0.4 is 5.32 Å². The van der Waals surface area contributed by atoms with Gasteiger partial charge in [-0.2, -0.15) is 0 Å². The summed E-state index contributed by atoms with van der Waals surface area (Å²) in [5, 5.41) is 2.89. The lowest BCUT2D eigenvalue weighted by Gasteiger charge is -2.22. The average Bonchev–Trinajstić information content (AvgIpc) is 2.53. The molecule has 0 spiro atoms. The molecule has 0 saturated heterocycles. The standard InChI is InChI=1S/C18H27FN2O2/c1-4-16(5-2)18(23)20-11-13-21(14(3)22)12-10-15-6-8-17(19)9-7-15/h6-9,16H,4-5,10-13H2,1-3H3,(H,20,23). The predicted octanol–water partition coefficient (Wildman–Crippen LogP) is 2.77. The third-order valence-electron chi connectivity index (χ3n) is 4.07. The van der Waals surface area contributed by atoms with Crippen LogP contribution in [0.3, 0.4) is 0 Å². The number of benzene rings is 1. The van der Waals surface area contributed by atoms with Gasteiger partial charge in [0.2, 0.25) is 11.8 Å². The topological polar surface area (TPSA) is 49.4 Å². The van der Waals surface area contributed by atoms with E-state index in [1.807, 2.05) is 13.8 Å². The van der Waals surface area contributed by atoms with Gasteiger partial charge in [-0.15, -0.1) is 0 Å². The molecule has 4 nitrogen and oxygen atoms in total. The first-order valence-electron chi connectivity index (χ1n) is 8.25. The molecule has 0 saturated carbocycles. The maximum Gasteiger partial charge on any atom is 0.223 e. The van der Waals surface area contributed by atoms with E-state index >= 15 is 0 Å². The first-order valence-corrected chi connectivity index (χ1v) is 8.25. The van der Waals surface area contributed by atoms with E-state index in [1.54, 1.807) is 17.0 Å². The summed E-state index contributed by atoms with van der Waals surface area (Å²) in [4.78, 5) is 25.3. The number of carbonyl (C=O) groups excluding carboxylic acids is 2. The normalized spacial score (nSPS) is 10.7. The Morgan fingerprint density at radius 3 is 2.26 bits per heavy atom. The van der Waals surface area contributed by atoms with Crippen LogP contribution in [0.2, 0.25) is 0 Å². The Hall–Kier alpha value is -1.91. The summed E-state index contributed by atoms with van der Waals surface area (Å²) in [5.41, 5.74) is 0.985. The quantitative estimate of drug-likeness (QED) is 0.760. The second kappa shape index (κ2) is 9.98. The van der Waals surface area contributed by atoms with Crippen LogP contribution in [0.25, 0.3) is 0 Å². The smallest absolute Gasteiger partial charge is 0.223 e. The molecule has 1 rings (SSSR count). The molecule has 23 heavy (non-hydrogen) atoms. The molecule has 5 heteroatoms. The largest absolute Gasteiger partial charge is 0.354 e. The van der Waals surface area contributed by atoms with E-state index in [0.717, 1.165) is 18.4 Å². The van der Waals surface area contributed by atoms with E-state index in [1.165, 1.54) is 19.1 Å². The molecule has 1 N–H and O–H groups in total. The number of halogens is 1. The number of carbonyl (C=O) groups is 2. The molecule has 0 heterocycles. The summed E-state index contributed by atoms with van der Waals surface area (Å²) in [7, 11) is 0. The van der Waals surface area contributed by atoms with Crippen molar-refractivity contribution in [1.82, 2.24) is 10.2 Å². The lowest BCUT2D eigenvalue weighted by atomic mass is 10.0. The van der Waals surface area contributed by atoms with Crippen molar-refractivity contribution in [3.63, 3.8) is 0 Å². The van der Waals surface area contributed by atoms with Gasteiger partial charge in [-0.1, -0.05) is 26.0 Å². The molecule has 0 radical (unpaired) electrons. The molecule has 0 bridgehead atoms. The van der Waals surface area contributed by atoms with E-state index in [4.69, 9.17) is 0 Å². The van der Waals surface area contributed by atoms with Gasteiger partial charge in [0.15, 0.2) is 0 Å². The van der Waals surface area contributed by atoms with E-state index in [0.29, 0.717) is 26.1 Å². The molecule has 1 aromatic carbocycles. The van der Waals surface area contributed by atoms with Gasteiger partial charge >= 0.3 is 0 Å². The Labute approximate surface area is 138 Å². The Bertz CT molecular complexity index is 498. The summed E-state index contributed by atoms with van der Waals surface area (Å²) in [6.07, 6.45) is 2.31. The number of hydrogen-bond acceptors (Lipinski definition) is 2. The molecule has 2 amide bonds. The Morgan fingerprint density at radius 2 is 1.74 bits per heavy atom. The summed E-state index contributed by atoms with van der Waals surface area (Å²) in [5.74, 6) is -0.192. The summed E-state index contributed by atoms with van der Waals surface area (Å²) < 4.78 is 12.9. The number of hydrogen-bond donors (Lipinski definition) is 1. The SMILES string of the molecule is CCC(CC)C(=O)NCCN(CCc1ccc(F)cc1)C(C)=O. The van der Waals surface area contributed by atoms with Crippen LogP contribution in [0.4, 0.5) is 4.39 Å². The van der Waals surface area contributed by atoms with Crippen molar-refractivity contribution in [2.45, 2.75) is 40.0 Å². The summed E-state index contributed by atoms with van der Waals surface area (Å²) in [6.45, 7) is 7.02. The molecular formula is C18H27FN2O2. The second-order valence-corrected chi connectivity index (χ2v) is 5.69. The predicted molar refractivity (Wildman–Crippen MR) is 89.4 cm³/mol. The van der Waals surface area contributed by atoms with Crippen molar-refractivity contribution >= 4 is 11.8 Å². The zero-order chi connectivity index (χ0) is 17.2. The average molecular weight is 322 g/mol. The van der Waals surface area contributed by atoms with Gasteiger partial charge in [-0.05, 0) is 37.0 Å². The Balaban J connectivity index is 2.42. The van der Waals surface area contributed by atoms with Crippen LogP contribution in [0.1, 0.15) is 39.2 Å². The van der Waals surface area contributed by atoms with Crippen molar-refractivity contribution in [1.29, 1.82) is 0 Å². The summed E-state index contributed by atoms with van der Waals surface area (Å²) >= 11 is 0. The van der Waals surface area contributed by atoms with E-state index < -0.39 is 0 Å². The number of amides is 2. The zero-order valence-electron chi connectivity index (χ0n) is 14.3. The highest BCUT2D eigenvalue weighted by Crippen LogP contribution is 2.07. The van der Waals surface area contributed by atoms with E-state index in [9.17, 15) is 14.0 Å². The molecule has 0 fully saturated rings. The van der Waals surface area contributed by atoms with Gasteiger partial charge < -0.3 is 10.2 Å². The number of nitrogens with zero attached hydrogens (tertiary/aromatic N) is 1. The third kappa shape index (κ3) is 6.80. The second-order valence-electron chi connectivity index (χ2n) is 5.69. The molecule has 0 aliphatic carbocycles. The van der Waals surface area contributed by atoms with Gasteiger partial charge in [-0.3, -0.25) is 9.59 Å². The maximum absolute atomic E-state index is 12.9. The van der Waals surface area contributed by atoms with Crippen LogP contribution in [0.15, 0.2) is 24.3 Å². The van der Waals surface area contributed by atoms with Crippen molar-refractivity contribution < 1.29 is 14.0 Å². The van der Waals surface area contributed by atoms with Crippen molar-refractivity contribution in [3.05, 3.63) is 35.6 Å². The van der Waals surface area contributed by atoms with Gasteiger partial charge in [0, 0.05) is 32.5 Å². The number of rotatable bonds is 9. The van der Waals surface area contributed by atoms with E-state index in [2.05, 4.69) is 5.32 Å². The monoisotopic (exact) mass is 322 g/mol. The van der Waals surface area contributed by atoms with Gasteiger partial charge in [0.1, 0.15) is 5.82 Å². The Kier molecular flexibility index (Phi) is 8.30. The number of nitrogens with one attached hydrogen (secondary N) is 1. The molecular weight excluding hydrogens is 295 g/mol. The van der Waals surface area contributed by atoms with Crippen molar-refractivity contribution in [3.8, 4) is 0 Å². The molecule has 0 unspecified atom stereocenters. The highest BCUT2D eigenvalue weighted by molar-refractivity contribution is 5.78. The first-order chi connectivity index (χ1) is 11.0. The molecule has 128 valence electrons. The minimum Gasteiger partial charge on any atom is -0.354 e. The molecule has 1 aromatic rings. The minimum atomic E-state index is -0.263.